The molecule has 0 saturated carbocycles. The number of likely N-dealkylation sites (N-methyl/N-ethyl adjacent to an activating group) is 2. The molecule has 2 heteroatoms. The third-order valence-electron chi connectivity index (χ3n) is 3.09. The molecule has 14 heavy (non-hydrogen) atoms. The van der Waals surface area contributed by atoms with Crippen LogP contribution in [0.2, 0.25) is 0 Å². The second-order valence-electron chi connectivity index (χ2n) is 3.97. The van der Waals surface area contributed by atoms with Gasteiger partial charge in [-0.1, -0.05) is 19.1 Å². The van der Waals surface area contributed by atoms with E-state index >= 15 is 0 Å². The van der Waals surface area contributed by atoms with Crippen LogP contribution in [0.3, 0.4) is 0 Å². The van der Waals surface area contributed by atoms with Gasteiger partial charge in [-0.3, -0.25) is 0 Å². The number of hydrogen-bond acceptors (Lipinski definition) is 2. The molecule has 1 aliphatic heterocycles. The van der Waals surface area contributed by atoms with E-state index in [0.29, 0.717) is 6.04 Å². The van der Waals surface area contributed by atoms with Gasteiger partial charge in [0.25, 0.3) is 0 Å². The van der Waals surface area contributed by atoms with E-state index in [4.69, 9.17) is 0 Å². The maximum Gasteiger partial charge on any atom is 0.0516 e. The highest BCUT2D eigenvalue weighted by molar-refractivity contribution is 5.60. The third-order valence-corrected chi connectivity index (χ3v) is 3.09. The van der Waals surface area contributed by atoms with Gasteiger partial charge in [-0.05, 0) is 30.7 Å². The van der Waals surface area contributed by atoms with Gasteiger partial charge in [0.05, 0.1) is 6.04 Å². The minimum Gasteiger partial charge on any atom is -0.372 e. The zero-order valence-corrected chi connectivity index (χ0v) is 9.17. The van der Waals surface area contributed by atoms with Crippen molar-refractivity contribution in [2.75, 3.05) is 25.5 Å². The van der Waals surface area contributed by atoms with Crippen molar-refractivity contribution >= 4 is 5.69 Å². The van der Waals surface area contributed by atoms with Crippen LogP contribution in [0.5, 0.6) is 0 Å². The Morgan fingerprint density at radius 1 is 1.50 bits per heavy atom. The molecule has 0 aliphatic carbocycles. The molecule has 0 bridgehead atoms. The van der Waals surface area contributed by atoms with Crippen LogP contribution in [0.15, 0.2) is 18.2 Å². The van der Waals surface area contributed by atoms with Gasteiger partial charge in [0.2, 0.25) is 0 Å². The second-order valence-corrected chi connectivity index (χ2v) is 3.97. The van der Waals surface area contributed by atoms with Gasteiger partial charge in [0.1, 0.15) is 0 Å². The number of benzene rings is 1. The van der Waals surface area contributed by atoms with E-state index in [1.165, 1.54) is 16.8 Å². The third kappa shape index (κ3) is 1.40. The van der Waals surface area contributed by atoms with Crippen molar-refractivity contribution in [3.63, 3.8) is 0 Å². The summed E-state index contributed by atoms with van der Waals surface area (Å²) in [7, 11) is 4.19. The van der Waals surface area contributed by atoms with E-state index in [2.05, 4.69) is 42.4 Å². The molecule has 1 unspecified atom stereocenters. The fraction of sp³-hybridized carbons (Fsp3) is 0.500. The molecule has 1 aliphatic rings. The molecule has 0 amide bonds. The molecule has 2 nitrogen and oxygen atoms in total. The van der Waals surface area contributed by atoms with E-state index in [-0.39, 0.29) is 0 Å². The first-order valence-electron chi connectivity index (χ1n) is 5.27. The lowest BCUT2D eigenvalue weighted by Gasteiger charge is -2.11. The monoisotopic (exact) mass is 190 g/mol. The van der Waals surface area contributed by atoms with Crippen molar-refractivity contribution in [1.29, 1.82) is 0 Å². The van der Waals surface area contributed by atoms with Crippen LogP contribution in [0, 0.1) is 0 Å². The number of fused-ring (bicyclic) bond motifs is 1. The van der Waals surface area contributed by atoms with Gasteiger partial charge in [-0.15, -0.1) is 0 Å². The van der Waals surface area contributed by atoms with Crippen molar-refractivity contribution in [1.82, 2.24) is 5.32 Å². The first-order chi connectivity index (χ1) is 6.76. The quantitative estimate of drug-likeness (QED) is 0.767. The van der Waals surface area contributed by atoms with Crippen LogP contribution in [0.4, 0.5) is 5.69 Å². The first kappa shape index (κ1) is 9.53. The summed E-state index contributed by atoms with van der Waals surface area (Å²) in [5.74, 6) is 0. The molecule has 0 fully saturated rings. The number of anilines is 1. The molecule has 1 atom stereocenters. The van der Waals surface area contributed by atoms with Crippen molar-refractivity contribution < 1.29 is 0 Å². The average Bonchev–Trinajstić information content (AvgIpc) is 2.55. The molecular weight excluding hydrogens is 172 g/mol. The SMILES string of the molecule is CCc1ccc2c(c1)C(NC)CN2C. The largest absolute Gasteiger partial charge is 0.372 e. The van der Waals surface area contributed by atoms with E-state index in [1.807, 2.05) is 7.05 Å². The van der Waals surface area contributed by atoms with Gasteiger partial charge in [0.15, 0.2) is 0 Å². The van der Waals surface area contributed by atoms with Crippen molar-refractivity contribution in [2.45, 2.75) is 19.4 Å². The second kappa shape index (κ2) is 3.62. The molecule has 1 aromatic rings. The zero-order valence-electron chi connectivity index (χ0n) is 9.17. The summed E-state index contributed by atoms with van der Waals surface area (Å²) in [4.78, 5) is 2.32. The maximum atomic E-state index is 3.36. The fourth-order valence-electron chi connectivity index (χ4n) is 2.17. The normalized spacial score (nSPS) is 19.9. The molecule has 76 valence electrons. The summed E-state index contributed by atoms with van der Waals surface area (Å²) < 4.78 is 0. The van der Waals surface area contributed by atoms with E-state index < -0.39 is 0 Å². The van der Waals surface area contributed by atoms with Crippen LogP contribution in [0.25, 0.3) is 0 Å². The van der Waals surface area contributed by atoms with Gasteiger partial charge in [-0.25, -0.2) is 0 Å². The Hall–Kier alpha value is -1.02. The molecule has 1 aromatic carbocycles. The minimum absolute atomic E-state index is 0.501. The van der Waals surface area contributed by atoms with Gasteiger partial charge in [0, 0.05) is 19.3 Å². The van der Waals surface area contributed by atoms with E-state index in [9.17, 15) is 0 Å². The highest BCUT2D eigenvalue weighted by Crippen LogP contribution is 2.34. The van der Waals surface area contributed by atoms with Crippen LogP contribution >= 0.6 is 0 Å². The lowest BCUT2D eigenvalue weighted by molar-refractivity contribution is 0.625. The molecule has 1 heterocycles. The standard InChI is InChI=1S/C12H18N2/c1-4-9-5-6-12-10(7-9)11(13-2)8-14(12)3/h5-7,11,13H,4,8H2,1-3H3. The van der Waals surface area contributed by atoms with Crippen molar-refractivity contribution in [3.05, 3.63) is 29.3 Å². The minimum atomic E-state index is 0.501. The maximum absolute atomic E-state index is 3.36. The number of rotatable bonds is 2. The van der Waals surface area contributed by atoms with Crippen molar-refractivity contribution in [2.24, 2.45) is 0 Å². The molecule has 0 saturated heterocycles. The molecular formula is C12H18N2. The summed E-state index contributed by atoms with van der Waals surface area (Å²) in [6.45, 7) is 3.29. The molecule has 1 N–H and O–H groups in total. The Labute approximate surface area is 85.9 Å². The molecule has 2 rings (SSSR count). The predicted octanol–water partition coefficient (Wildman–Crippen LogP) is 1.96. The number of hydrogen-bond donors (Lipinski definition) is 1. The fourth-order valence-corrected chi connectivity index (χ4v) is 2.17. The molecule has 0 aromatic heterocycles. The summed E-state index contributed by atoms with van der Waals surface area (Å²) in [6.07, 6.45) is 1.12. The smallest absolute Gasteiger partial charge is 0.0516 e. The predicted molar refractivity (Wildman–Crippen MR) is 60.9 cm³/mol. The van der Waals surface area contributed by atoms with Crippen LogP contribution in [-0.4, -0.2) is 20.6 Å². The molecule has 0 spiro atoms. The lowest BCUT2D eigenvalue weighted by Crippen LogP contribution is -2.22. The van der Waals surface area contributed by atoms with Gasteiger partial charge in [-0.2, -0.15) is 0 Å². The summed E-state index contributed by atoms with van der Waals surface area (Å²) in [5.41, 5.74) is 4.26. The lowest BCUT2D eigenvalue weighted by atomic mass is 10.0. The topological polar surface area (TPSA) is 15.3 Å². The average molecular weight is 190 g/mol. The van der Waals surface area contributed by atoms with Gasteiger partial charge < -0.3 is 10.2 Å². The van der Waals surface area contributed by atoms with Crippen LogP contribution in [-0.2, 0) is 6.42 Å². The zero-order chi connectivity index (χ0) is 10.1. The Bertz CT molecular complexity index is 333. The Morgan fingerprint density at radius 3 is 2.93 bits per heavy atom. The highest BCUT2D eigenvalue weighted by atomic mass is 15.2. The summed E-state index contributed by atoms with van der Waals surface area (Å²) >= 11 is 0. The molecule has 0 radical (unpaired) electrons. The number of aryl methyl sites for hydroxylation is 1. The number of nitrogens with zero attached hydrogens (tertiary/aromatic N) is 1. The summed E-state index contributed by atoms with van der Waals surface area (Å²) in [6, 6.07) is 7.31. The van der Waals surface area contributed by atoms with E-state index in [1.54, 1.807) is 0 Å². The highest BCUT2D eigenvalue weighted by Gasteiger charge is 2.24. The van der Waals surface area contributed by atoms with Crippen LogP contribution < -0.4 is 10.2 Å². The first-order valence-corrected chi connectivity index (χ1v) is 5.27. The van der Waals surface area contributed by atoms with E-state index in [0.717, 1.165) is 13.0 Å². The summed E-state index contributed by atoms with van der Waals surface area (Å²) in [5, 5.41) is 3.36. The number of nitrogens with one attached hydrogen (secondary N) is 1. The van der Waals surface area contributed by atoms with Crippen molar-refractivity contribution in [3.8, 4) is 0 Å². The van der Waals surface area contributed by atoms with Gasteiger partial charge >= 0.3 is 0 Å². The Morgan fingerprint density at radius 2 is 2.29 bits per heavy atom. The van der Waals surface area contributed by atoms with Crippen LogP contribution in [0.1, 0.15) is 24.1 Å². The Balaban J connectivity index is 2.42. The Kier molecular flexibility index (Phi) is 2.46.